The van der Waals surface area contributed by atoms with Gasteiger partial charge in [-0.15, -0.1) is 0 Å². The van der Waals surface area contributed by atoms with Crippen LogP contribution in [-0.4, -0.2) is 18.8 Å². The van der Waals surface area contributed by atoms with Crippen LogP contribution in [0.5, 0.6) is 0 Å². The average Bonchev–Trinajstić information content (AvgIpc) is 2.43. The van der Waals surface area contributed by atoms with Crippen molar-refractivity contribution in [1.29, 1.82) is 0 Å². The lowest BCUT2D eigenvalue weighted by Crippen LogP contribution is -2.01. The number of hydrogen-bond donors (Lipinski definition) is 0. The first-order valence-electron chi connectivity index (χ1n) is 6.32. The molecule has 0 aliphatic heterocycles. The average molecular weight is 261 g/mol. The number of benzene rings is 1. The standard InChI is InChI=1S/C15H19NO3/c1-3-13(10-15(17)18-4-2)11-16-19-12-14-8-6-5-7-9-14/h5-11H,3-4,12H2,1-2H3/b13-10-,16-11+. The van der Waals surface area contributed by atoms with E-state index < -0.39 is 0 Å². The summed E-state index contributed by atoms with van der Waals surface area (Å²) in [5.41, 5.74) is 1.82. The van der Waals surface area contributed by atoms with Gasteiger partial charge in [0, 0.05) is 6.08 Å². The van der Waals surface area contributed by atoms with Crippen LogP contribution in [0.4, 0.5) is 0 Å². The van der Waals surface area contributed by atoms with Crippen molar-refractivity contribution in [2.24, 2.45) is 5.16 Å². The largest absolute Gasteiger partial charge is 0.463 e. The molecule has 4 heteroatoms. The molecule has 0 radical (unpaired) electrons. The number of nitrogens with zero attached hydrogens (tertiary/aromatic N) is 1. The number of ether oxygens (including phenoxy) is 1. The molecule has 0 saturated carbocycles. The van der Waals surface area contributed by atoms with Crippen LogP contribution in [0.2, 0.25) is 0 Å². The Labute approximate surface area is 113 Å². The molecular formula is C15H19NO3. The van der Waals surface area contributed by atoms with Crippen LogP contribution >= 0.6 is 0 Å². The zero-order valence-corrected chi connectivity index (χ0v) is 11.3. The summed E-state index contributed by atoms with van der Waals surface area (Å²) < 4.78 is 4.83. The van der Waals surface area contributed by atoms with Crippen molar-refractivity contribution < 1.29 is 14.4 Å². The molecule has 1 aromatic rings. The van der Waals surface area contributed by atoms with Crippen molar-refractivity contribution >= 4 is 12.2 Å². The van der Waals surface area contributed by atoms with Crippen molar-refractivity contribution in [2.45, 2.75) is 26.9 Å². The van der Waals surface area contributed by atoms with Gasteiger partial charge < -0.3 is 9.57 Å². The fourth-order valence-electron chi connectivity index (χ4n) is 1.36. The SMILES string of the molecule is CCOC(=O)/C=C(\C=N\OCc1ccccc1)CC. The molecule has 0 atom stereocenters. The summed E-state index contributed by atoms with van der Waals surface area (Å²) in [6, 6.07) is 9.76. The topological polar surface area (TPSA) is 47.9 Å². The van der Waals surface area contributed by atoms with Gasteiger partial charge in [-0.3, -0.25) is 0 Å². The molecule has 0 aliphatic rings. The zero-order valence-electron chi connectivity index (χ0n) is 11.3. The summed E-state index contributed by atoms with van der Waals surface area (Å²) in [6.07, 6.45) is 3.66. The van der Waals surface area contributed by atoms with E-state index >= 15 is 0 Å². The minimum atomic E-state index is -0.353. The number of hydrogen-bond acceptors (Lipinski definition) is 4. The Bertz CT molecular complexity index is 438. The highest BCUT2D eigenvalue weighted by atomic mass is 16.6. The molecular weight excluding hydrogens is 242 g/mol. The quantitative estimate of drug-likeness (QED) is 0.328. The van der Waals surface area contributed by atoms with Crippen molar-refractivity contribution in [3.05, 3.63) is 47.5 Å². The minimum Gasteiger partial charge on any atom is -0.463 e. The second kappa shape index (κ2) is 8.91. The Balaban J connectivity index is 2.43. The maximum absolute atomic E-state index is 11.3. The molecule has 0 saturated heterocycles. The van der Waals surface area contributed by atoms with E-state index in [0.29, 0.717) is 19.6 Å². The van der Waals surface area contributed by atoms with Crippen LogP contribution < -0.4 is 0 Å². The summed E-state index contributed by atoms with van der Waals surface area (Å²) in [7, 11) is 0. The van der Waals surface area contributed by atoms with E-state index in [-0.39, 0.29) is 5.97 Å². The summed E-state index contributed by atoms with van der Waals surface area (Å²) in [4.78, 5) is 16.4. The summed E-state index contributed by atoms with van der Waals surface area (Å²) in [6.45, 7) is 4.49. The summed E-state index contributed by atoms with van der Waals surface area (Å²) in [5.74, 6) is -0.353. The van der Waals surface area contributed by atoms with Crippen LogP contribution in [0.25, 0.3) is 0 Å². The fourth-order valence-corrected chi connectivity index (χ4v) is 1.36. The molecule has 0 fully saturated rings. The molecule has 102 valence electrons. The van der Waals surface area contributed by atoms with Gasteiger partial charge in [0.1, 0.15) is 6.61 Å². The number of oxime groups is 1. The van der Waals surface area contributed by atoms with Gasteiger partial charge in [0.15, 0.2) is 0 Å². The molecule has 0 bridgehead atoms. The van der Waals surface area contributed by atoms with Crippen molar-refractivity contribution in [1.82, 2.24) is 0 Å². The molecule has 1 aromatic carbocycles. The number of allylic oxidation sites excluding steroid dienone is 1. The van der Waals surface area contributed by atoms with E-state index in [9.17, 15) is 4.79 Å². The third-order valence-electron chi connectivity index (χ3n) is 2.37. The van der Waals surface area contributed by atoms with Gasteiger partial charge in [0.05, 0.1) is 12.8 Å². The maximum Gasteiger partial charge on any atom is 0.331 e. The Morgan fingerprint density at radius 2 is 2.00 bits per heavy atom. The second-order valence-corrected chi connectivity index (χ2v) is 3.82. The van der Waals surface area contributed by atoms with E-state index in [1.54, 1.807) is 13.1 Å². The lowest BCUT2D eigenvalue weighted by atomic mass is 10.2. The third kappa shape index (κ3) is 6.41. The van der Waals surface area contributed by atoms with Crippen molar-refractivity contribution in [3.63, 3.8) is 0 Å². The Morgan fingerprint density at radius 1 is 1.26 bits per heavy atom. The van der Waals surface area contributed by atoms with Gasteiger partial charge in [-0.05, 0) is 24.5 Å². The van der Waals surface area contributed by atoms with Gasteiger partial charge in [0.25, 0.3) is 0 Å². The Morgan fingerprint density at radius 3 is 2.63 bits per heavy atom. The van der Waals surface area contributed by atoms with E-state index in [2.05, 4.69) is 5.16 Å². The van der Waals surface area contributed by atoms with Crippen LogP contribution in [0.1, 0.15) is 25.8 Å². The lowest BCUT2D eigenvalue weighted by Gasteiger charge is -2.00. The summed E-state index contributed by atoms with van der Waals surface area (Å²) in [5, 5.41) is 3.85. The molecule has 0 spiro atoms. The second-order valence-electron chi connectivity index (χ2n) is 3.82. The molecule has 0 aliphatic carbocycles. The molecule has 1 rings (SSSR count). The van der Waals surface area contributed by atoms with Crippen molar-refractivity contribution in [3.8, 4) is 0 Å². The van der Waals surface area contributed by atoms with E-state index in [4.69, 9.17) is 9.57 Å². The van der Waals surface area contributed by atoms with Gasteiger partial charge >= 0.3 is 5.97 Å². The number of carbonyl (C=O) groups is 1. The maximum atomic E-state index is 11.3. The van der Waals surface area contributed by atoms with Crippen LogP contribution in [0.3, 0.4) is 0 Å². The number of rotatable bonds is 7. The highest BCUT2D eigenvalue weighted by molar-refractivity contribution is 5.91. The summed E-state index contributed by atoms with van der Waals surface area (Å²) >= 11 is 0. The molecule has 19 heavy (non-hydrogen) atoms. The first-order valence-corrected chi connectivity index (χ1v) is 6.32. The smallest absolute Gasteiger partial charge is 0.331 e. The molecule has 0 unspecified atom stereocenters. The van der Waals surface area contributed by atoms with Crippen molar-refractivity contribution in [2.75, 3.05) is 6.61 Å². The molecule has 4 nitrogen and oxygen atoms in total. The Kier molecular flexibility index (Phi) is 7.02. The van der Waals surface area contributed by atoms with Gasteiger partial charge in [0.2, 0.25) is 0 Å². The van der Waals surface area contributed by atoms with Gasteiger partial charge in [-0.2, -0.15) is 0 Å². The fraction of sp³-hybridized carbons (Fsp3) is 0.333. The van der Waals surface area contributed by atoms with E-state index in [1.807, 2.05) is 37.3 Å². The third-order valence-corrected chi connectivity index (χ3v) is 2.37. The van der Waals surface area contributed by atoms with E-state index in [0.717, 1.165) is 11.1 Å². The highest BCUT2D eigenvalue weighted by Gasteiger charge is 1.98. The predicted molar refractivity (Wildman–Crippen MR) is 74.7 cm³/mol. The van der Waals surface area contributed by atoms with Crippen LogP contribution in [-0.2, 0) is 21.0 Å². The predicted octanol–water partition coefficient (Wildman–Crippen LogP) is 3.09. The first-order chi connectivity index (χ1) is 9.26. The monoisotopic (exact) mass is 261 g/mol. The lowest BCUT2D eigenvalue weighted by molar-refractivity contribution is -0.137. The van der Waals surface area contributed by atoms with Crippen LogP contribution in [0.15, 0.2) is 47.1 Å². The highest BCUT2D eigenvalue weighted by Crippen LogP contribution is 2.02. The first kappa shape index (κ1) is 15.0. The molecule has 0 N–H and O–H groups in total. The number of esters is 1. The Hall–Kier alpha value is -2.10. The molecule has 0 aromatic heterocycles. The van der Waals surface area contributed by atoms with Gasteiger partial charge in [-0.25, -0.2) is 4.79 Å². The number of carbonyl (C=O) groups excluding carboxylic acids is 1. The molecule has 0 amide bonds. The van der Waals surface area contributed by atoms with E-state index in [1.165, 1.54) is 6.08 Å². The normalized spacial score (nSPS) is 11.6. The minimum absolute atomic E-state index is 0.353. The van der Waals surface area contributed by atoms with Gasteiger partial charge in [-0.1, -0.05) is 42.4 Å². The van der Waals surface area contributed by atoms with Crippen LogP contribution in [0, 0.1) is 0 Å². The zero-order chi connectivity index (χ0) is 13.9. The molecule has 0 heterocycles.